The molecular weight excluding hydrogens is 278 g/mol. The van der Waals surface area contributed by atoms with Crippen molar-refractivity contribution >= 4 is 27.6 Å². The highest BCUT2D eigenvalue weighted by Gasteiger charge is 2.14. The number of hydrogen-bond donors (Lipinski definition) is 1. The molecule has 102 valence electrons. The molecule has 0 amide bonds. The van der Waals surface area contributed by atoms with Gasteiger partial charge in [-0.25, -0.2) is 8.42 Å². The van der Waals surface area contributed by atoms with E-state index in [2.05, 4.69) is 10.2 Å². The second kappa shape index (κ2) is 6.19. The van der Waals surface area contributed by atoms with Crippen molar-refractivity contribution in [2.24, 2.45) is 0 Å². The molecule has 9 heteroatoms. The number of hydrogen-bond acceptors (Lipinski definition) is 6. The maximum Gasteiger partial charge on any atom is 0.313 e. The molecule has 1 aromatic heterocycles. The fourth-order valence-electron chi connectivity index (χ4n) is 1.30. The zero-order valence-electron chi connectivity index (χ0n) is 10.2. The summed E-state index contributed by atoms with van der Waals surface area (Å²) in [5, 5.41) is 16.9. The lowest BCUT2D eigenvalue weighted by Crippen LogP contribution is -2.14. The summed E-state index contributed by atoms with van der Waals surface area (Å²) in [7, 11) is -3.08. The van der Waals surface area contributed by atoms with Crippen molar-refractivity contribution in [3.63, 3.8) is 0 Å². The normalized spacial score (nSPS) is 11.7. The Labute approximate surface area is 110 Å². The van der Waals surface area contributed by atoms with Gasteiger partial charge in [0.2, 0.25) is 0 Å². The molecule has 1 aromatic rings. The van der Waals surface area contributed by atoms with Gasteiger partial charge >= 0.3 is 5.97 Å². The number of aliphatic carboxylic acids is 1. The molecule has 7 nitrogen and oxygen atoms in total. The molecule has 18 heavy (non-hydrogen) atoms. The summed E-state index contributed by atoms with van der Waals surface area (Å²) in [6, 6.07) is 0. The quantitative estimate of drug-likeness (QED) is 0.709. The summed E-state index contributed by atoms with van der Waals surface area (Å²) >= 11 is 1.04. The Balaban J connectivity index is 2.84. The topological polar surface area (TPSA) is 102 Å². The molecule has 0 saturated carbocycles. The van der Waals surface area contributed by atoms with Crippen molar-refractivity contribution in [2.75, 3.05) is 17.8 Å². The highest BCUT2D eigenvalue weighted by atomic mass is 32.2. The predicted octanol–water partition coefficient (Wildman–Crippen LogP) is 0.0618. The van der Waals surface area contributed by atoms with Crippen LogP contribution in [0.5, 0.6) is 0 Å². The second-order valence-corrected chi connectivity index (χ2v) is 6.92. The lowest BCUT2D eigenvalue weighted by atomic mass is 10.4. The molecule has 0 bridgehead atoms. The summed E-state index contributed by atoms with van der Waals surface area (Å²) in [6.45, 7) is 2.13. The van der Waals surface area contributed by atoms with Crippen LogP contribution in [0.25, 0.3) is 0 Å². The average Bonchev–Trinajstić information content (AvgIpc) is 2.64. The van der Waals surface area contributed by atoms with Gasteiger partial charge in [0.25, 0.3) is 0 Å². The van der Waals surface area contributed by atoms with Crippen LogP contribution in [0.4, 0.5) is 0 Å². The average molecular weight is 293 g/mol. The predicted molar refractivity (Wildman–Crippen MR) is 67.5 cm³/mol. The third-order valence-electron chi connectivity index (χ3n) is 2.12. The van der Waals surface area contributed by atoms with Gasteiger partial charge in [0.05, 0.1) is 11.5 Å². The Morgan fingerprint density at radius 1 is 1.44 bits per heavy atom. The number of carboxylic acid groups (broad SMARTS) is 1. The standard InChI is InChI=1S/C9H15N3O4S2/c1-3-7-10-11-9(17-6-8(13)14)12(7)4-5-18(2,15)16/h3-6H2,1-2H3,(H,13,14). The van der Waals surface area contributed by atoms with E-state index in [9.17, 15) is 13.2 Å². The lowest BCUT2D eigenvalue weighted by Gasteiger charge is -2.07. The highest BCUT2D eigenvalue weighted by molar-refractivity contribution is 7.99. The van der Waals surface area contributed by atoms with Gasteiger partial charge in [-0.1, -0.05) is 18.7 Å². The van der Waals surface area contributed by atoms with E-state index in [0.717, 1.165) is 18.0 Å². The number of sulfone groups is 1. The molecule has 0 aliphatic heterocycles. The van der Waals surface area contributed by atoms with Gasteiger partial charge in [0, 0.05) is 19.2 Å². The zero-order valence-corrected chi connectivity index (χ0v) is 11.8. The van der Waals surface area contributed by atoms with Gasteiger partial charge in [0.1, 0.15) is 15.7 Å². The number of thioether (sulfide) groups is 1. The van der Waals surface area contributed by atoms with Gasteiger partial charge in [-0.2, -0.15) is 0 Å². The van der Waals surface area contributed by atoms with E-state index in [1.165, 1.54) is 0 Å². The summed E-state index contributed by atoms with van der Waals surface area (Å²) in [5.41, 5.74) is 0. The van der Waals surface area contributed by atoms with Crippen molar-refractivity contribution in [1.29, 1.82) is 0 Å². The van der Waals surface area contributed by atoms with Gasteiger partial charge in [-0.05, 0) is 0 Å². The van der Waals surface area contributed by atoms with Crippen LogP contribution in [-0.2, 0) is 27.6 Å². The second-order valence-electron chi connectivity index (χ2n) is 3.72. The Morgan fingerprint density at radius 3 is 2.61 bits per heavy atom. The Morgan fingerprint density at radius 2 is 2.11 bits per heavy atom. The maximum absolute atomic E-state index is 11.1. The SMILES string of the molecule is CCc1nnc(SCC(=O)O)n1CCS(C)(=O)=O. The molecule has 0 aliphatic rings. The molecular formula is C9H15N3O4S2. The van der Waals surface area contributed by atoms with E-state index in [0.29, 0.717) is 17.4 Å². The van der Waals surface area contributed by atoms with Crippen LogP contribution in [-0.4, -0.2) is 52.0 Å². The largest absolute Gasteiger partial charge is 0.481 e. The molecule has 0 aromatic carbocycles. The molecule has 1 rings (SSSR count). The van der Waals surface area contributed by atoms with Crippen LogP contribution < -0.4 is 0 Å². The molecule has 0 atom stereocenters. The molecule has 0 aliphatic carbocycles. The lowest BCUT2D eigenvalue weighted by molar-refractivity contribution is -0.133. The first kappa shape index (κ1) is 15.0. The number of aryl methyl sites for hydroxylation is 1. The molecule has 1 heterocycles. The van der Waals surface area contributed by atoms with Crippen molar-refractivity contribution in [3.8, 4) is 0 Å². The first-order valence-corrected chi connectivity index (χ1v) is 8.32. The van der Waals surface area contributed by atoms with Crippen molar-refractivity contribution in [2.45, 2.75) is 25.0 Å². The van der Waals surface area contributed by atoms with Crippen LogP contribution in [0, 0.1) is 0 Å². The van der Waals surface area contributed by atoms with Gasteiger partial charge < -0.3 is 9.67 Å². The molecule has 0 saturated heterocycles. The summed E-state index contributed by atoms with van der Waals surface area (Å²) in [5.74, 6) is -0.429. The smallest absolute Gasteiger partial charge is 0.313 e. The molecule has 1 N–H and O–H groups in total. The molecule has 0 unspecified atom stereocenters. The molecule has 0 fully saturated rings. The summed E-state index contributed by atoms with van der Waals surface area (Å²) < 4.78 is 24.0. The first-order valence-electron chi connectivity index (χ1n) is 5.28. The number of carbonyl (C=O) groups is 1. The highest BCUT2D eigenvalue weighted by Crippen LogP contribution is 2.17. The zero-order chi connectivity index (χ0) is 13.8. The third kappa shape index (κ3) is 4.65. The monoisotopic (exact) mass is 293 g/mol. The minimum atomic E-state index is -3.08. The van der Waals surface area contributed by atoms with Crippen LogP contribution in [0.3, 0.4) is 0 Å². The number of nitrogens with zero attached hydrogens (tertiary/aromatic N) is 3. The van der Waals surface area contributed by atoms with Crippen LogP contribution in [0.2, 0.25) is 0 Å². The van der Waals surface area contributed by atoms with Gasteiger partial charge in [0.15, 0.2) is 5.16 Å². The number of rotatable bonds is 7. The van der Waals surface area contributed by atoms with E-state index in [4.69, 9.17) is 5.11 Å². The third-order valence-corrected chi connectivity index (χ3v) is 4.00. The maximum atomic E-state index is 11.1. The molecule has 0 spiro atoms. The first-order chi connectivity index (χ1) is 8.33. The fraction of sp³-hybridized carbons (Fsp3) is 0.667. The Hall–Kier alpha value is -1.09. The van der Waals surface area contributed by atoms with Gasteiger partial charge in [-0.3, -0.25) is 4.79 Å². The van der Waals surface area contributed by atoms with Crippen molar-refractivity contribution < 1.29 is 18.3 Å². The number of aromatic nitrogens is 3. The van der Waals surface area contributed by atoms with Gasteiger partial charge in [-0.15, -0.1) is 10.2 Å². The minimum Gasteiger partial charge on any atom is -0.481 e. The van der Waals surface area contributed by atoms with Crippen molar-refractivity contribution in [3.05, 3.63) is 5.82 Å². The Kier molecular flexibility index (Phi) is 5.15. The summed E-state index contributed by atoms with van der Waals surface area (Å²) in [6.07, 6.45) is 1.78. The van der Waals surface area contributed by atoms with E-state index in [-0.39, 0.29) is 18.1 Å². The van der Waals surface area contributed by atoms with E-state index >= 15 is 0 Å². The van der Waals surface area contributed by atoms with Crippen LogP contribution in [0.1, 0.15) is 12.7 Å². The summed E-state index contributed by atoms with van der Waals surface area (Å²) in [4.78, 5) is 10.5. The Bertz CT molecular complexity index is 524. The number of carboxylic acids is 1. The van der Waals surface area contributed by atoms with Crippen molar-refractivity contribution in [1.82, 2.24) is 14.8 Å². The van der Waals surface area contributed by atoms with E-state index < -0.39 is 15.8 Å². The van der Waals surface area contributed by atoms with E-state index in [1.54, 1.807) is 4.57 Å². The van der Waals surface area contributed by atoms with Crippen LogP contribution >= 0.6 is 11.8 Å². The van der Waals surface area contributed by atoms with E-state index in [1.807, 2.05) is 6.92 Å². The fourth-order valence-corrected chi connectivity index (χ4v) is 2.51. The molecule has 0 radical (unpaired) electrons. The minimum absolute atomic E-state index is 0.0152. The van der Waals surface area contributed by atoms with Crippen LogP contribution in [0.15, 0.2) is 5.16 Å².